The van der Waals surface area contributed by atoms with Crippen LogP contribution in [0.15, 0.2) is 54.7 Å². The summed E-state index contributed by atoms with van der Waals surface area (Å²) in [7, 11) is 0. The second kappa shape index (κ2) is 7.64. The second-order valence-electron chi connectivity index (χ2n) is 6.88. The predicted molar refractivity (Wildman–Crippen MR) is 106 cm³/mol. The number of benzene rings is 2. The smallest absolute Gasteiger partial charge is 0.273 e. The molecular formula is C21H20N4O3. The van der Waals surface area contributed by atoms with Crippen LogP contribution in [0.4, 0.5) is 11.4 Å². The molecule has 28 heavy (non-hydrogen) atoms. The standard InChI is InChI=1S/C21H20N4O3/c26-21(13-16-5-1-2-6-19(16)25(27)28)22-17-10-8-15(9-11-17)18-14-24-12-4-3-7-20(24)23-18/h1-2,5-6,8-11,14H,3-4,7,12-13H2,(H,22,26). The van der Waals surface area contributed by atoms with Crippen LogP contribution in [0.3, 0.4) is 0 Å². The van der Waals surface area contributed by atoms with Crippen LogP contribution in [-0.2, 0) is 24.2 Å². The average Bonchev–Trinajstić information content (AvgIpc) is 3.13. The van der Waals surface area contributed by atoms with Gasteiger partial charge in [0.1, 0.15) is 5.82 Å². The number of aryl methyl sites for hydroxylation is 2. The van der Waals surface area contributed by atoms with Gasteiger partial charge < -0.3 is 9.88 Å². The Bertz CT molecular complexity index is 1000. The summed E-state index contributed by atoms with van der Waals surface area (Å²) in [5.74, 6) is 0.836. The Morgan fingerprint density at radius 2 is 1.93 bits per heavy atom. The zero-order valence-corrected chi connectivity index (χ0v) is 15.3. The van der Waals surface area contributed by atoms with Crippen LogP contribution < -0.4 is 5.32 Å². The van der Waals surface area contributed by atoms with E-state index >= 15 is 0 Å². The quantitative estimate of drug-likeness (QED) is 0.539. The molecule has 1 aromatic heterocycles. The molecule has 2 heterocycles. The number of nitro benzene ring substituents is 1. The van der Waals surface area contributed by atoms with E-state index in [4.69, 9.17) is 4.98 Å². The van der Waals surface area contributed by atoms with Crippen molar-refractivity contribution in [2.45, 2.75) is 32.2 Å². The molecule has 1 aliphatic rings. The Hall–Kier alpha value is -3.48. The van der Waals surface area contributed by atoms with Crippen molar-refractivity contribution in [3.63, 3.8) is 0 Å². The fraction of sp³-hybridized carbons (Fsp3) is 0.238. The third kappa shape index (κ3) is 3.78. The molecule has 7 nitrogen and oxygen atoms in total. The van der Waals surface area contributed by atoms with Crippen molar-refractivity contribution in [2.75, 3.05) is 5.32 Å². The molecule has 0 spiro atoms. The summed E-state index contributed by atoms with van der Waals surface area (Å²) in [5.41, 5.74) is 2.94. The summed E-state index contributed by atoms with van der Waals surface area (Å²) in [6, 6.07) is 13.8. The lowest BCUT2D eigenvalue weighted by Gasteiger charge is -2.11. The molecule has 3 aromatic rings. The van der Waals surface area contributed by atoms with E-state index in [1.165, 1.54) is 18.9 Å². The highest BCUT2D eigenvalue weighted by molar-refractivity contribution is 5.93. The highest BCUT2D eigenvalue weighted by Gasteiger charge is 2.16. The van der Waals surface area contributed by atoms with E-state index in [1.54, 1.807) is 18.2 Å². The van der Waals surface area contributed by atoms with Gasteiger partial charge >= 0.3 is 0 Å². The first-order valence-electron chi connectivity index (χ1n) is 9.29. The topological polar surface area (TPSA) is 90.1 Å². The maximum absolute atomic E-state index is 12.3. The van der Waals surface area contributed by atoms with E-state index in [0.29, 0.717) is 11.3 Å². The Morgan fingerprint density at radius 3 is 2.68 bits per heavy atom. The van der Waals surface area contributed by atoms with Crippen molar-refractivity contribution < 1.29 is 9.72 Å². The maximum Gasteiger partial charge on any atom is 0.273 e. The monoisotopic (exact) mass is 376 g/mol. The molecule has 0 saturated carbocycles. The molecule has 4 rings (SSSR count). The molecule has 1 aliphatic heterocycles. The minimum Gasteiger partial charge on any atom is -0.334 e. The third-order valence-electron chi connectivity index (χ3n) is 4.91. The fourth-order valence-corrected chi connectivity index (χ4v) is 3.49. The highest BCUT2D eigenvalue weighted by Crippen LogP contribution is 2.24. The van der Waals surface area contributed by atoms with Crippen LogP contribution in [-0.4, -0.2) is 20.4 Å². The SMILES string of the molecule is O=C(Cc1ccccc1[N+](=O)[O-])Nc1ccc(-c2cn3c(n2)CCCC3)cc1. The molecule has 1 N–H and O–H groups in total. The van der Waals surface area contributed by atoms with Crippen molar-refractivity contribution in [1.29, 1.82) is 0 Å². The number of fused-ring (bicyclic) bond motifs is 1. The number of aromatic nitrogens is 2. The summed E-state index contributed by atoms with van der Waals surface area (Å²) in [6.07, 6.45) is 5.41. The lowest BCUT2D eigenvalue weighted by Crippen LogP contribution is -2.15. The number of para-hydroxylation sites is 1. The summed E-state index contributed by atoms with van der Waals surface area (Å²) in [4.78, 5) is 27.6. The normalized spacial score (nSPS) is 13.0. The molecule has 0 atom stereocenters. The van der Waals surface area contributed by atoms with Crippen LogP contribution >= 0.6 is 0 Å². The summed E-state index contributed by atoms with van der Waals surface area (Å²) in [5, 5.41) is 13.9. The Kier molecular flexibility index (Phi) is 4.89. The van der Waals surface area contributed by atoms with Crippen molar-refractivity contribution in [2.24, 2.45) is 0 Å². The average molecular weight is 376 g/mol. The molecular weight excluding hydrogens is 356 g/mol. The minimum atomic E-state index is -0.470. The fourth-order valence-electron chi connectivity index (χ4n) is 3.49. The number of nitro groups is 1. The molecule has 7 heteroatoms. The van der Waals surface area contributed by atoms with Crippen LogP contribution in [0.2, 0.25) is 0 Å². The van der Waals surface area contributed by atoms with Crippen molar-refractivity contribution in [1.82, 2.24) is 9.55 Å². The minimum absolute atomic E-state index is 0.0447. The molecule has 0 saturated heterocycles. The molecule has 1 amide bonds. The molecule has 0 fully saturated rings. The number of carbonyl (C=O) groups excluding carboxylic acids is 1. The van der Waals surface area contributed by atoms with E-state index in [-0.39, 0.29) is 18.0 Å². The second-order valence-corrected chi connectivity index (χ2v) is 6.88. The number of amides is 1. The van der Waals surface area contributed by atoms with E-state index in [2.05, 4.69) is 16.1 Å². The van der Waals surface area contributed by atoms with E-state index < -0.39 is 4.92 Å². The summed E-state index contributed by atoms with van der Waals surface area (Å²) >= 11 is 0. The van der Waals surface area contributed by atoms with Gasteiger partial charge in [-0.05, 0) is 25.0 Å². The number of imidazole rings is 1. The molecule has 0 aliphatic carbocycles. The number of nitrogens with one attached hydrogen (secondary N) is 1. The number of hydrogen-bond acceptors (Lipinski definition) is 4. The third-order valence-corrected chi connectivity index (χ3v) is 4.91. The lowest BCUT2D eigenvalue weighted by atomic mass is 10.1. The number of anilines is 1. The van der Waals surface area contributed by atoms with Gasteiger partial charge in [-0.15, -0.1) is 0 Å². The Balaban J connectivity index is 1.44. The Morgan fingerprint density at radius 1 is 1.14 bits per heavy atom. The number of rotatable bonds is 5. The predicted octanol–water partition coefficient (Wildman–Crippen LogP) is 3.98. The number of hydrogen-bond donors (Lipinski definition) is 1. The first-order valence-corrected chi connectivity index (χ1v) is 9.29. The van der Waals surface area contributed by atoms with Crippen LogP contribution in [0.5, 0.6) is 0 Å². The van der Waals surface area contributed by atoms with Gasteiger partial charge in [-0.1, -0.05) is 30.3 Å². The van der Waals surface area contributed by atoms with Gasteiger partial charge in [0.2, 0.25) is 5.91 Å². The highest BCUT2D eigenvalue weighted by atomic mass is 16.6. The zero-order chi connectivity index (χ0) is 19.5. The molecule has 0 bridgehead atoms. The molecule has 0 radical (unpaired) electrons. The zero-order valence-electron chi connectivity index (χ0n) is 15.3. The van der Waals surface area contributed by atoms with Gasteiger partial charge in [0, 0.05) is 42.0 Å². The van der Waals surface area contributed by atoms with Crippen molar-refractivity contribution >= 4 is 17.3 Å². The largest absolute Gasteiger partial charge is 0.334 e. The first-order chi connectivity index (χ1) is 13.6. The molecule has 2 aromatic carbocycles. The molecule has 0 unspecified atom stereocenters. The van der Waals surface area contributed by atoms with Crippen molar-refractivity contribution in [3.8, 4) is 11.3 Å². The maximum atomic E-state index is 12.3. The van der Waals surface area contributed by atoms with Crippen LogP contribution in [0.25, 0.3) is 11.3 Å². The number of nitrogens with zero attached hydrogens (tertiary/aromatic N) is 3. The summed E-state index contributed by atoms with van der Waals surface area (Å²) < 4.78 is 2.21. The van der Waals surface area contributed by atoms with Crippen LogP contribution in [0.1, 0.15) is 24.2 Å². The lowest BCUT2D eigenvalue weighted by molar-refractivity contribution is -0.385. The van der Waals surface area contributed by atoms with E-state index in [1.807, 2.05) is 24.3 Å². The van der Waals surface area contributed by atoms with E-state index in [0.717, 1.165) is 30.0 Å². The van der Waals surface area contributed by atoms with Gasteiger partial charge in [0.05, 0.1) is 17.0 Å². The van der Waals surface area contributed by atoms with Gasteiger partial charge in [0.15, 0.2) is 0 Å². The number of carbonyl (C=O) groups is 1. The Labute approximate surface area is 162 Å². The summed E-state index contributed by atoms with van der Waals surface area (Å²) in [6.45, 7) is 1.02. The van der Waals surface area contributed by atoms with Crippen molar-refractivity contribution in [3.05, 3.63) is 76.2 Å². The van der Waals surface area contributed by atoms with Crippen LogP contribution in [0, 0.1) is 10.1 Å². The van der Waals surface area contributed by atoms with Gasteiger partial charge in [-0.3, -0.25) is 14.9 Å². The van der Waals surface area contributed by atoms with Gasteiger partial charge in [-0.2, -0.15) is 0 Å². The molecule has 142 valence electrons. The van der Waals surface area contributed by atoms with E-state index in [9.17, 15) is 14.9 Å². The van der Waals surface area contributed by atoms with Gasteiger partial charge in [0.25, 0.3) is 5.69 Å². The van der Waals surface area contributed by atoms with Gasteiger partial charge in [-0.25, -0.2) is 4.98 Å². The first kappa shape index (κ1) is 17.9.